The summed E-state index contributed by atoms with van der Waals surface area (Å²) in [5.74, 6) is 0. The first kappa shape index (κ1) is 15.9. The van der Waals surface area contributed by atoms with E-state index in [0.717, 1.165) is 39.5 Å². The molecule has 0 atom stereocenters. The van der Waals surface area contributed by atoms with Crippen molar-refractivity contribution in [2.24, 2.45) is 0 Å². The zero-order valence-corrected chi connectivity index (χ0v) is 12.5. The summed E-state index contributed by atoms with van der Waals surface area (Å²) < 4.78 is 11.7. The molecule has 4 heteroatoms. The molecule has 0 aliphatic carbocycles. The van der Waals surface area contributed by atoms with Crippen LogP contribution in [0, 0.1) is 0 Å². The van der Waals surface area contributed by atoms with Crippen LogP contribution in [0.2, 0.25) is 0 Å². The first-order valence-electron chi connectivity index (χ1n) is 7.34. The van der Waals surface area contributed by atoms with E-state index in [1.165, 1.54) is 37.0 Å². The Morgan fingerprint density at radius 3 is 2.00 bits per heavy atom. The topological polar surface area (TPSA) is 21.7 Å². The number of ether oxygens (including phenoxy) is 2. The Hall–Kier alpha value is -0.160. The molecule has 2 rings (SSSR count). The predicted octanol–water partition coefficient (Wildman–Crippen LogP) is 1.21. The van der Waals surface area contributed by atoms with Gasteiger partial charge in [-0.3, -0.25) is 0 Å². The maximum Gasteiger partial charge on any atom is 0.102 e. The van der Waals surface area contributed by atoms with E-state index in [-0.39, 0.29) is 0 Å². The monoisotopic (exact) mass is 259 g/mol. The fraction of sp³-hybridized carbons (Fsp3) is 1.00. The summed E-state index contributed by atoms with van der Waals surface area (Å²) in [5.41, 5.74) is 0. The number of unbranched alkanes of at least 4 members (excludes halogenated alkanes) is 1. The van der Waals surface area contributed by atoms with Crippen molar-refractivity contribution >= 4 is 0 Å². The van der Waals surface area contributed by atoms with Gasteiger partial charge in [0, 0.05) is 13.1 Å². The van der Waals surface area contributed by atoms with Crippen LogP contribution < -0.4 is 0 Å². The van der Waals surface area contributed by atoms with Crippen LogP contribution in [0.5, 0.6) is 0 Å². The summed E-state index contributed by atoms with van der Waals surface area (Å²) in [6.07, 6.45) is 2.67. The third kappa shape index (κ3) is 6.69. The highest BCUT2D eigenvalue weighted by molar-refractivity contribution is 4.53. The molecular formula is C14H31N2O2+. The highest BCUT2D eigenvalue weighted by Gasteiger charge is 2.23. The van der Waals surface area contributed by atoms with Crippen molar-refractivity contribution in [2.45, 2.75) is 19.8 Å². The van der Waals surface area contributed by atoms with Gasteiger partial charge in [0.05, 0.1) is 40.0 Å². The van der Waals surface area contributed by atoms with Gasteiger partial charge in [-0.2, -0.15) is 0 Å². The molecule has 0 saturated carbocycles. The van der Waals surface area contributed by atoms with E-state index in [0.29, 0.717) is 0 Å². The van der Waals surface area contributed by atoms with Gasteiger partial charge in [0.2, 0.25) is 0 Å². The highest BCUT2D eigenvalue weighted by Crippen LogP contribution is 2.08. The molecule has 0 amide bonds. The number of rotatable bonds is 3. The molecule has 2 heterocycles. The van der Waals surface area contributed by atoms with Gasteiger partial charge < -0.3 is 18.9 Å². The number of hydrogen-bond donors (Lipinski definition) is 0. The van der Waals surface area contributed by atoms with Crippen LogP contribution in [0.15, 0.2) is 0 Å². The lowest BCUT2D eigenvalue weighted by Crippen LogP contribution is -2.52. The smallest absolute Gasteiger partial charge is 0.102 e. The van der Waals surface area contributed by atoms with Gasteiger partial charge in [-0.1, -0.05) is 13.3 Å². The molecule has 2 aliphatic heterocycles. The van der Waals surface area contributed by atoms with Crippen LogP contribution >= 0.6 is 0 Å². The zero-order chi connectivity index (χ0) is 13.3. The summed E-state index contributed by atoms with van der Waals surface area (Å²) in [4.78, 5) is 2.27. The van der Waals surface area contributed by atoms with Gasteiger partial charge in [-0.05, 0) is 13.5 Å². The standard InChI is InChI=1S/C9H20NO.C5H11NO/c1-3-4-5-10(2)6-8-11-9-7-10;1-6-2-4-7-5-3-6/h3-9H2,1-2H3;2-5H2,1H3/q+1;. The quantitative estimate of drug-likeness (QED) is 0.711. The molecule has 18 heavy (non-hydrogen) atoms. The van der Waals surface area contributed by atoms with Crippen molar-refractivity contribution in [1.82, 2.24) is 4.90 Å². The Kier molecular flexibility index (Phi) is 7.82. The summed E-state index contributed by atoms with van der Waals surface area (Å²) in [6.45, 7) is 11.9. The SMILES string of the molecule is CCCC[N+]1(C)CCOCC1.CN1CCOCC1. The molecule has 0 aromatic carbocycles. The molecule has 0 aromatic heterocycles. The largest absolute Gasteiger partial charge is 0.379 e. The molecule has 0 spiro atoms. The maximum atomic E-state index is 5.33. The molecule has 0 bridgehead atoms. The number of quaternary nitrogens is 1. The van der Waals surface area contributed by atoms with Crippen LogP contribution in [-0.2, 0) is 9.47 Å². The van der Waals surface area contributed by atoms with Gasteiger partial charge in [0.25, 0.3) is 0 Å². The van der Waals surface area contributed by atoms with Crippen molar-refractivity contribution in [3.63, 3.8) is 0 Å². The van der Waals surface area contributed by atoms with E-state index in [4.69, 9.17) is 9.47 Å². The molecule has 0 aromatic rings. The molecule has 0 unspecified atom stereocenters. The fourth-order valence-corrected chi connectivity index (χ4v) is 2.20. The summed E-state index contributed by atoms with van der Waals surface area (Å²) in [7, 11) is 4.46. The molecule has 2 fully saturated rings. The Bertz CT molecular complexity index is 200. The van der Waals surface area contributed by atoms with Crippen molar-refractivity contribution in [1.29, 1.82) is 0 Å². The molecular weight excluding hydrogens is 228 g/mol. The lowest BCUT2D eigenvalue weighted by atomic mass is 10.2. The lowest BCUT2D eigenvalue weighted by Gasteiger charge is -2.37. The van der Waals surface area contributed by atoms with Gasteiger partial charge in [-0.15, -0.1) is 0 Å². The second-order valence-corrected chi connectivity index (χ2v) is 5.67. The van der Waals surface area contributed by atoms with Crippen molar-refractivity contribution in [3.05, 3.63) is 0 Å². The van der Waals surface area contributed by atoms with Gasteiger partial charge >= 0.3 is 0 Å². The highest BCUT2D eigenvalue weighted by atomic mass is 16.5. The lowest BCUT2D eigenvalue weighted by molar-refractivity contribution is -0.917. The zero-order valence-electron chi connectivity index (χ0n) is 12.5. The Balaban J connectivity index is 0.000000199. The van der Waals surface area contributed by atoms with Crippen LogP contribution in [0.3, 0.4) is 0 Å². The summed E-state index contributed by atoms with van der Waals surface area (Å²) >= 11 is 0. The molecule has 2 aliphatic rings. The Labute approximate surface area is 112 Å². The average molecular weight is 259 g/mol. The molecule has 4 nitrogen and oxygen atoms in total. The number of likely N-dealkylation sites (N-methyl/N-ethyl adjacent to an activating group) is 2. The van der Waals surface area contributed by atoms with E-state index in [1.807, 2.05) is 0 Å². The number of nitrogens with zero attached hydrogens (tertiary/aromatic N) is 2. The number of hydrogen-bond acceptors (Lipinski definition) is 3. The van der Waals surface area contributed by atoms with Crippen LogP contribution in [-0.4, -0.2) is 82.6 Å². The van der Waals surface area contributed by atoms with Crippen molar-refractivity contribution in [2.75, 3.05) is 73.2 Å². The fourth-order valence-electron chi connectivity index (χ4n) is 2.20. The van der Waals surface area contributed by atoms with E-state index in [1.54, 1.807) is 0 Å². The minimum absolute atomic E-state index is 0.913. The van der Waals surface area contributed by atoms with Crippen LogP contribution in [0.25, 0.3) is 0 Å². The van der Waals surface area contributed by atoms with Gasteiger partial charge in [-0.25, -0.2) is 0 Å². The third-order valence-electron chi connectivity index (χ3n) is 3.84. The second kappa shape index (κ2) is 8.86. The summed E-state index contributed by atoms with van der Waals surface area (Å²) in [5, 5.41) is 0. The maximum absolute atomic E-state index is 5.33. The first-order chi connectivity index (χ1) is 8.66. The molecule has 0 radical (unpaired) electrons. The molecule has 0 N–H and O–H groups in total. The second-order valence-electron chi connectivity index (χ2n) is 5.67. The number of morpholine rings is 2. The Morgan fingerprint density at radius 2 is 1.56 bits per heavy atom. The average Bonchev–Trinajstić information content (AvgIpc) is 2.39. The minimum Gasteiger partial charge on any atom is -0.379 e. The Morgan fingerprint density at radius 1 is 1.00 bits per heavy atom. The third-order valence-corrected chi connectivity index (χ3v) is 3.84. The van der Waals surface area contributed by atoms with Gasteiger partial charge in [0.1, 0.15) is 13.1 Å². The minimum atomic E-state index is 0.913. The molecule has 2 saturated heterocycles. The van der Waals surface area contributed by atoms with Crippen LogP contribution in [0.1, 0.15) is 19.8 Å². The first-order valence-corrected chi connectivity index (χ1v) is 7.34. The van der Waals surface area contributed by atoms with Gasteiger partial charge in [0.15, 0.2) is 0 Å². The van der Waals surface area contributed by atoms with E-state index < -0.39 is 0 Å². The van der Waals surface area contributed by atoms with Crippen molar-refractivity contribution in [3.8, 4) is 0 Å². The summed E-state index contributed by atoms with van der Waals surface area (Å²) in [6, 6.07) is 0. The van der Waals surface area contributed by atoms with E-state index in [9.17, 15) is 0 Å². The van der Waals surface area contributed by atoms with Crippen molar-refractivity contribution < 1.29 is 14.0 Å². The van der Waals surface area contributed by atoms with Crippen LogP contribution in [0.4, 0.5) is 0 Å². The normalized spacial score (nSPS) is 24.2. The molecule has 108 valence electrons. The van der Waals surface area contributed by atoms with E-state index in [2.05, 4.69) is 25.9 Å². The predicted molar refractivity (Wildman–Crippen MR) is 74.8 cm³/mol. The van der Waals surface area contributed by atoms with E-state index >= 15 is 0 Å².